The van der Waals surface area contributed by atoms with Gasteiger partial charge in [0.25, 0.3) is 0 Å². The molecule has 1 fully saturated rings. The minimum absolute atomic E-state index is 0.124. The molecule has 1 aliphatic carbocycles. The largest absolute Gasteiger partial charge is 0.329 e. The van der Waals surface area contributed by atoms with Crippen LogP contribution in [0.3, 0.4) is 0 Å². The van der Waals surface area contributed by atoms with E-state index >= 15 is 0 Å². The van der Waals surface area contributed by atoms with Gasteiger partial charge in [0.2, 0.25) is 5.91 Å². The SMILES string of the molecule is CC(NCCN1C(=O)CNC1=O)c1ccc2c(c1)CCCC2. The Bertz CT molecular complexity index is 569. The van der Waals surface area contributed by atoms with Crippen LogP contribution in [0.15, 0.2) is 18.2 Å². The van der Waals surface area contributed by atoms with Gasteiger partial charge in [-0.15, -0.1) is 0 Å². The van der Waals surface area contributed by atoms with E-state index in [1.165, 1.54) is 47.3 Å². The number of benzene rings is 1. The highest BCUT2D eigenvalue weighted by atomic mass is 16.2. The maximum Gasteiger partial charge on any atom is 0.324 e. The third-order valence-corrected chi connectivity index (χ3v) is 4.60. The minimum atomic E-state index is -0.284. The number of aryl methyl sites for hydroxylation is 2. The van der Waals surface area contributed by atoms with Crippen molar-refractivity contribution in [2.24, 2.45) is 0 Å². The van der Waals surface area contributed by atoms with E-state index in [1.54, 1.807) is 0 Å². The molecule has 3 amide bonds. The number of imide groups is 1. The zero-order chi connectivity index (χ0) is 15.5. The number of fused-ring (bicyclic) bond motifs is 1. The van der Waals surface area contributed by atoms with Gasteiger partial charge in [0.05, 0.1) is 6.54 Å². The number of carbonyl (C=O) groups excluding carboxylic acids is 2. The molecule has 0 saturated carbocycles. The molecule has 2 N–H and O–H groups in total. The van der Waals surface area contributed by atoms with Crippen molar-refractivity contribution in [2.45, 2.75) is 38.6 Å². The molecule has 1 aliphatic heterocycles. The van der Waals surface area contributed by atoms with Crippen LogP contribution in [0, 0.1) is 0 Å². The van der Waals surface area contributed by atoms with Crippen molar-refractivity contribution in [2.75, 3.05) is 19.6 Å². The van der Waals surface area contributed by atoms with Crippen molar-refractivity contribution in [1.82, 2.24) is 15.5 Å². The number of hydrogen-bond acceptors (Lipinski definition) is 3. The maximum atomic E-state index is 11.5. The van der Waals surface area contributed by atoms with Gasteiger partial charge in [0.15, 0.2) is 0 Å². The Hall–Kier alpha value is -1.88. The summed E-state index contributed by atoms with van der Waals surface area (Å²) >= 11 is 0. The summed E-state index contributed by atoms with van der Waals surface area (Å²) in [7, 11) is 0. The van der Waals surface area contributed by atoms with E-state index in [0.717, 1.165) is 0 Å². The fraction of sp³-hybridized carbons (Fsp3) is 0.529. The highest BCUT2D eigenvalue weighted by Crippen LogP contribution is 2.24. The monoisotopic (exact) mass is 301 g/mol. The molecule has 0 radical (unpaired) electrons. The number of urea groups is 1. The van der Waals surface area contributed by atoms with E-state index in [2.05, 4.69) is 35.8 Å². The van der Waals surface area contributed by atoms with E-state index in [0.29, 0.717) is 13.1 Å². The number of amides is 3. The predicted octanol–water partition coefficient (Wildman–Crippen LogP) is 1.77. The summed E-state index contributed by atoms with van der Waals surface area (Å²) < 4.78 is 0. The van der Waals surface area contributed by atoms with Gasteiger partial charge in [-0.25, -0.2) is 4.79 Å². The van der Waals surface area contributed by atoms with Crippen LogP contribution in [0.5, 0.6) is 0 Å². The number of nitrogens with one attached hydrogen (secondary N) is 2. The average molecular weight is 301 g/mol. The second-order valence-electron chi connectivity index (χ2n) is 6.12. The smallest absolute Gasteiger partial charge is 0.324 e. The topological polar surface area (TPSA) is 61.4 Å². The van der Waals surface area contributed by atoms with Crippen molar-refractivity contribution in [1.29, 1.82) is 0 Å². The first-order valence-corrected chi connectivity index (χ1v) is 8.08. The lowest BCUT2D eigenvalue weighted by Gasteiger charge is -2.21. The maximum absolute atomic E-state index is 11.5. The summed E-state index contributed by atoms with van der Waals surface area (Å²) in [4.78, 5) is 24.2. The second kappa shape index (κ2) is 6.48. The fourth-order valence-corrected chi connectivity index (χ4v) is 3.22. The van der Waals surface area contributed by atoms with Crippen LogP contribution in [-0.4, -0.2) is 36.5 Å². The number of carbonyl (C=O) groups is 2. The van der Waals surface area contributed by atoms with Crippen molar-refractivity contribution in [3.63, 3.8) is 0 Å². The number of hydrogen-bond donors (Lipinski definition) is 2. The van der Waals surface area contributed by atoms with Gasteiger partial charge in [-0.3, -0.25) is 9.69 Å². The molecule has 1 heterocycles. The summed E-state index contributed by atoms with van der Waals surface area (Å²) in [6.45, 7) is 3.27. The van der Waals surface area contributed by atoms with E-state index in [4.69, 9.17) is 0 Å². The van der Waals surface area contributed by atoms with E-state index in [-0.39, 0.29) is 24.5 Å². The molecule has 0 bridgehead atoms. The Labute approximate surface area is 131 Å². The average Bonchev–Trinajstić information content (AvgIpc) is 2.86. The van der Waals surface area contributed by atoms with Crippen LogP contribution in [0.2, 0.25) is 0 Å². The van der Waals surface area contributed by atoms with Crippen LogP contribution < -0.4 is 10.6 Å². The van der Waals surface area contributed by atoms with Gasteiger partial charge in [-0.2, -0.15) is 0 Å². The molecule has 3 rings (SSSR count). The summed E-state index contributed by atoms with van der Waals surface area (Å²) in [6, 6.07) is 6.68. The highest BCUT2D eigenvalue weighted by molar-refractivity contribution is 6.01. The lowest BCUT2D eigenvalue weighted by atomic mass is 9.89. The van der Waals surface area contributed by atoms with Crippen molar-refractivity contribution < 1.29 is 9.59 Å². The first-order valence-electron chi connectivity index (χ1n) is 8.08. The molecule has 1 aromatic rings. The Morgan fingerprint density at radius 2 is 2.00 bits per heavy atom. The van der Waals surface area contributed by atoms with Crippen LogP contribution in [0.25, 0.3) is 0 Å². The molecule has 118 valence electrons. The third kappa shape index (κ3) is 3.14. The molecule has 1 aromatic carbocycles. The van der Waals surface area contributed by atoms with E-state index < -0.39 is 0 Å². The minimum Gasteiger partial charge on any atom is -0.329 e. The van der Waals surface area contributed by atoms with Crippen LogP contribution >= 0.6 is 0 Å². The van der Waals surface area contributed by atoms with E-state index in [1.807, 2.05) is 0 Å². The lowest BCUT2D eigenvalue weighted by molar-refractivity contribution is -0.124. The molecule has 5 nitrogen and oxygen atoms in total. The predicted molar refractivity (Wildman–Crippen MR) is 84.6 cm³/mol. The Kier molecular flexibility index (Phi) is 4.43. The van der Waals surface area contributed by atoms with Gasteiger partial charge in [0, 0.05) is 19.1 Å². The molecular weight excluding hydrogens is 278 g/mol. The quantitative estimate of drug-likeness (QED) is 0.815. The van der Waals surface area contributed by atoms with Crippen LogP contribution in [0.4, 0.5) is 4.79 Å². The van der Waals surface area contributed by atoms with Gasteiger partial charge >= 0.3 is 6.03 Å². The summed E-state index contributed by atoms with van der Waals surface area (Å²) in [5.41, 5.74) is 4.24. The molecule has 5 heteroatoms. The Balaban J connectivity index is 1.54. The van der Waals surface area contributed by atoms with Crippen molar-refractivity contribution in [3.8, 4) is 0 Å². The Morgan fingerprint density at radius 1 is 1.23 bits per heavy atom. The first-order chi connectivity index (χ1) is 10.6. The number of nitrogens with zero attached hydrogens (tertiary/aromatic N) is 1. The zero-order valence-corrected chi connectivity index (χ0v) is 13.0. The number of rotatable bonds is 5. The normalized spacial score (nSPS) is 19.0. The lowest BCUT2D eigenvalue weighted by Crippen LogP contribution is -2.37. The van der Waals surface area contributed by atoms with Gasteiger partial charge in [-0.05, 0) is 49.3 Å². The molecule has 0 spiro atoms. The van der Waals surface area contributed by atoms with Crippen LogP contribution in [-0.2, 0) is 17.6 Å². The first kappa shape index (κ1) is 15.0. The summed E-state index contributed by atoms with van der Waals surface area (Å²) in [6.07, 6.45) is 4.96. The van der Waals surface area contributed by atoms with Crippen molar-refractivity contribution in [3.05, 3.63) is 34.9 Å². The molecule has 1 saturated heterocycles. The van der Waals surface area contributed by atoms with Crippen LogP contribution in [0.1, 0.15) is 42.5 Å². The van der Waals surface area contributed by atoms with E-state index in [9.17, 15) is 9.59 Å². The van der Waals surface area contributed by atoms with Gasteiger partial charge in [-0.1, -0.05) is 18.2 Å². The standard InChI is InChI=1S/C17H23N3O2/c1-12(18-8-9-20-16(21)11-19-17(20)22)14-7-6-13-4-2-3-5-15(13)10-14/h6-7,10,12,18H,2-5,8-9,11H2,1H3,(H,19,22). The van der Waals surface area contributed by atoms with Crippen molar-refractivity contribution >= 4 is 11.9 Å². The Morgan fingerprint density at radius 3 is 2.73 bits per heavy atom. The fourth-order valence-electron chi connectivity index (χ4n) is 3.22. The summed E-state index contributed by atoms with van der Waals surface area (Å²) in [5, 5.41) is 5.93. The molecule has 1 unspecified atom stereocenters. The second-order valence-corrected chi connectivity index (χ2v) is 6.12. The molecule has 22 heavy (non-hydrogen) atoms. The third-order valence-electron chi connectivity index (χ3n) is 4.60. The molecular formula is C17H23N3O2. The molecule has 1 atom stereocenters. The summed E-state index contributed by atoms with van der Waals surface area (Å²) in [5.74, 6) is -0.145. The molecule has 0 aromatic heterocycles. The van der Waals surface area contributed by atoms with Gasteiger partial charge < -0.3 is 10.6 Å². The zero-order valence-electron chi connectivity index (χ0n) is 13.0. The van der Waals surface area contributed by atoms with Gasteiger partial charge in [0.1, 0.15) is 0 Å². The molecule has 2 aliphatic rings. The highest BCUT2D eigenvalue weighted by Gasteiger charge is 2.27.